The third-order valence-corrected chi connectivity index (χ3v) is 8.33. The van der Waals surface area contributed by atoms with Crippen molar-refractivity contribution in [2.24, 2.45) is 5.92 Å². The summed E-state index contributed by atoms with van der Waals surface area (Å²) in [6.07, 6.45) is 7.52. The SMILES string of the molecule is C=CCN1CC2c3ccc(OCc4ccc(Br)cc4)cc3C23CCCCC3C1C. The summed E-state index contributed by atoms with van der Waals surface area (Å²) >= 11 is 3.50. The highest BCUT2D eigenvalue weighted by atomic mass is 79.9. The van der Waals surface area contributed by atoms with E-state index >= 15 is 0 Å². The van der Waals surface area contributed by atoms with Crippen LogP contribution in [0.5, 0.6) is 5.75 Å². The van der Waals surface area contributed by atoms with Crippen LogP contribution in [0.3, 0.4) is 0 Å². The molecule has 1 spiro atoms. The predicted octanol–water partition coefficient (Wildman–Crippen LogP) is 6.44. The molecule has 2 fully saturated rings. The Morgan fingerprint density at radius 1 is 1.21 bits per heavy atom. The van der Waals surface area contributed by atoms with Gasteiger partial charge in [0, 0.05) is 34.9 Å². The molecule has 2 aromatic rings. The number of ether oxygens (including phenoxy) is 1. The number of hydrogen-bond donors (Lipinski definition) is 0. The van der Waals surface area contributed by atoms with Gasteiger partial charge in [0.2, 0.25) is 0 Å². The number of likely N-dealkylation sites (tertiary alicyclic amines) is 1. The lowest BCUT2D eigenvalue weighted by atomic mass is 9.44. The van der Waals surface area contributed by atoms with Gasteiger partial charge >= 0.3 is 0 Å². The summed E-state index contributed by atoms with van der Waals surface area (Å²) in [5, 5.41) is 0. The zero-order valence-electron chi connectivity index (χ0n) is 17.2. The average Bonchev–Trinajstić information content (AvgIpc) is 2.75. The van der Waals surface area contributed by atoms with Crippen molar-refractivity contribution in [3.63, 3.8) is 0 Å². The monoisotopic (exact) mass is 451 g/mol. The van der Waals surface area contributed by atoms with Crippen molar-refractivity contribution in [1.82, 2.24) is 4.90 Å². The van der Waals surface area contributed by atoms with E-state index in [4.69, 9.17) is 4.74 Å². The van der Waals surface area contributed by atoms with Gasteiger partial charge in [0.1, 0.15) is 12.4 Å². The maximum absolute atomic E-state index is 6.21. The van der Waals surface area contributed by atoms with Crippen LogP contribution in [0.25, 0.3) is 0 Å². The van der Waals surface area contributed by atoms with Crippen LogP contribution in [0.1, 0.15) is 55.2 Å². The summed E-state index contributed by atoms with van der Waals surface area (Å²) in [7, 11) is 0. The molecule has 3 aliphatic rings. The zero-order valence-corrected chi connectivity index (χ0v) is 18.8. The van der Waals surface area contributed by atoms with Crippen LogP contribution in [-0.2, 0) is 12.0 Å². The van der Waals surface area contributed by atoms with E-state index in [0.29, 0.717) is 24.0 Å². The molecule has 4 unspecified atom stereocenters. The second-order valence-corrected chi connectivity index (χ2v) is 10.0. The van der Waals surface area contributed by atoms with Crippen molar-refractivity contribution in [1.29, 1.82) is 0 Å². The molecule has 0 bridgehead atoms. The Kier molecular flexibility index (Phi) is 5.08. The Labute approximate surface area is 183 Å². The number of halogens is 1. The lowest BCUT2D eigenvalue weighted by Crippen LogP contribution is -2.64. The molecule has 0 amide bonds. The van der Waals surface area contributed by atoms with Gasteiger partial charge in [-0.3, -0.25) is 4.90 Å². The summed E-state index contributed by atoms with van der Waals surface area (Å²) in [4.78, 5) is 2.66. The first kappa shape index (κ1) is 19.4. The lowest BCUT2D eigenvalue weighted by molar-refractivity contribution is -0.0238. The lowest BCUT2D eigenvalue weighted by Gasteiger charge is -2.65. The van der Waals surface area contributed by atoms with Crippen molar-refractivity contribution in [2.75, 3.05) is 13.1 Å². The molecule has 0 radical (unpaired) electrons. The number of rotatable bonds is 5. The Morgan fingerprint density at radius 2 is 2.03 bits per heavy atom. The zero-order chi connectivity index (χ0) is 20.0. The summed E-state index contributed by atoms with van der Waals surface area (Å²) in [6, 6.07) is 15.9. The Bertz CT molecular complexity index is 907. The predicted molar refractivity (Wildman–Crippen MR) is 123 cm³/mol. The molecule has 3 heteroatoms. The van der Waals surface area contributed by atoms with Crippen LogP contribution in [0, 0.1) is 5.92 Å². The van der Waals surface area contributed by atoms with E-state index in [0.717, 1.165) is 22.7 Å². The van der Waals surface area contributed by atoms with Crippen molar-refractivity contribution >= 4 is 15.9 Å². The molecular formula is C26H30BrNO. The molecule has 2 aliphatic carbocycles. The molecule has 29 heavy (non-hydrogen) atoms. The van der Waals surface area contributed by atoms with Crippen LogP contribution in [-0.4, -0.2) is 24.0 Å². The standard InChI is InChI=1S/C26H30BrNO/c1-3-14-28-16-25-22-12-11-21(29-17-19-7-9-20(27)10-8-19)15-24(22)26(25)13-5-4-6-23(26)18(28)2/h3,7-12,15,18,23,25H,1,4-6,13-14,16-17H2,2H3. The molecule has 1 aliphatic heterocycles. The normalized spacial score (nSPS) is 30.5. The van der Waals surface area contributed by atoms with Crippen LogP contribution in [0.15, 0.2) is 59.6 Å². The third-order valence-electron chi connectivity index (χ3n) is 7.80. The van der Waals surface area contributed by atoms with E-state index in [1.807, 2.05) is 0 Å². The first-order chi connectivity index (χ1) is 14.1. The highest BCUT2D eigenvalue weighted by Crippen LogP contribution is 2.65. The largest absolute Gasteiger partial charge is 0.489 e. The highest BCUT2D eigenvalue weighted by molar-refractivity contribution is 9.10. The van der Waals surface area contributed by atoms with Crippen LogP contribution >= 0.6 is 15.9 Å². The highest BCUT2D eigenvalue weighted by Gasteiger charge is 2.61. The van der Waals surface area contributed by atoms with Crippen molar-refractivity contribution in [3.05, 3.63) is 76.3 Å². The summed E-state index contributed by atoms with van der Waals surface area (Å²) in [5.41, 5.74) is 4.73. The molecule has 1 heterocycles. The second kappa shape index (κ2) is 7.59. The van der Waals surface area contributed by atoms with E-state index in [-0.39, 0.29) is 0 Å². The van der Waals surface area contributed by atoms with E-state index < -0.39 is 0 Å². The third kappa shape index (κ3) is 3.09. The van der Waals surface area contributed by atoms with Gasteiger partial charge in [-0.1, -0.05) is 53.0 Å². The minimum Gasteiger partial charge on any atom is -0.489 e. The van der Waals surface area contributed by atoms with Gasteiger partial charge in [0.25, 0.3) is 0 Å². The smallest absolute Gasteiger partial charge is 0.120 e. The summed E-state index contributed by atoms with van der Waals surface area (Å²) < 4.78 is 7.31. The Morgan fingerprint density at radius 3 is 2.83 bits per heavy atom. The summed E-state index contributed by atoms with van der Waals surface area (Å²) in [6.45, 7) is 9.25. The van der Waals surface area contributed by atoms with Crippen molar-refractivity contribution < 1.29 is 4.74 Å². The first-order valence-corrected chi connectivity index (χ1v) is 11.8. The topological polar surface area (TPSA) is 12.5 Å². The Hall–Kier alpha value is -1.58. The minimum absolute atomic E-state index is 0.377. The van der Waals surface area contributed by atoms with Gasteiger partial charge < -0.3 is 4.74 Å². The van der Waals surface area contributed by atoms with Crippen LogP contribution in [0.2, 0.25) is 0 Å². The fourth-order valence-corrected chi connectivity index (χ4v) is 6.72. The Balaban J connectivity index is 1.42. The fourth-order valence-electron chi connectivity index (χ4n) is 6.45. The van der Waals surface area contributed by atoms with E-state index in [2.05, 4.69) is 82.9 Å². The summed E-state index contributed by atoms with van der Waals surface area (Å²) in [5.74, 6) is 2.45. The molecule has 4 atom stereocenters. The first-order valence-electron chi connectivity index (χ1n) is 11.0. The molecule has 1 saturated heterocycles. The number of piperidine rings is 1. The molecule has 2 aromatic carbocycles. The number of benzene rings is 2. The van der Waals surface area contributed by atoms with Gasteiger partial charge in [-0.2, -0.15) is 0 Å². The second-order valence-electron chi connectivity index (χ2n) is 9.09. The molecule has 1 saturated carbocycles. The molecular weight excluding hydrogens is 422 g/mol. The van der Waals surface area contributed by atoms with Gasteiger partial charge in [-0.25, -0.2) is 0 Å². The van der Waals surface area contributed by atoms with Crippen molar-refractivity contribution in [2.45, 2.75) is 56.6 Å². The maximum Gasteiger partial charge on any atom is 0.120 e. The van der Waals surface area contributed by atoms with Gasteiger partial charge in [0.05, 0.1) is 0 Å². The average molecular weight is 452 g/mol. The fraction of sp³-hybridized carbons (Fsp3) is 0.462. The molecule has 2 nitrogen and oxygen atoms in total. The number of nitrogens with zero attached hydrogens (tertiary/aromatic N) is 1. The quantitative estimate of drug-likeness (QED) is 0.484. The van der Waals surface area contributed by atoms with E-state index in [9.17, 15) is 0 Å². The molecule has 0 aromatic heterocycles. The molecule has 5 rings (SSSR count). The van der Waals surface area contributed by atoms with E-state index in [1.54, 1.807) is 11.1 Å². The van der Waals surface area contributed by atoms with Gasteiger partial charge in [-0.05, 0) is 66.6 Å². The van der Waals surface area contributed by atoms with Crippen LogP contribution < -0.4 is 4.74 Å². The molecule has 0 N–H and O–H groups in total. The van der Waals surface area contributed by atoms with Gasteiger partial charge in [-0.15, -0.1) is 6.58 Å². The molecule has 152 valence electrons. The van der Waals surface area contributed by atoms with E-state index in [1.165, 1.54) is 37.8 Å². The van der Waals surface area contributed by atoms with Crippen LogP contribution in [0.4, 0.5) is 0 Å². The van der Waals surface area contributed by atoms with Crippen molar-refractivity contribution in [3.8, 4) is 5.75 Å². The number of hydrogen-bond acceptors (Lipinski definition) is 2. The maximum atomic E-state index is 6.21. The minimum atomic E-state index is 0.377. The van der Waals surface area contributed by atoms with Gasteiger partial charge in [0.15, 0.2) is 0 Å². The number of fused-ring (bicyclic) bond motifs is 2.